The molecule has 0 saturated carbocycles. The Hall–Kier alpha value is -1.81. The van der Waals surface area contributed by atoms with E-state index in [1.54, 1.807) is 4.90 Å². The number of carbonyl (C=O) groups excluding carboxylic acids is 2. The molecule has 0 aromatic heterocycles. The Morgan fingerprint density at radius 3 is 2.75 bits per heavy atom. The first kappa shape index (κ1) is 20.9. The SMILES string of the molecule is O=C1NC=CN(S(=O)(=O)c2ccc(Cl)c(Cl)c2)[C@@H]1CC(=O)N1CCCOCC1. The Bertz CT molecular complexity index is 898. The molecule has 1 atom stereocenters. The lowest BCUT2D eigenvalue weighted by atomic mass is 10.1. The smallest absolute Gasteiger partial charge is 0.264 e. The van der Waals surface area contributed by atoms with Crippen LogP contribution in [0.3, 0.4) is 0 Å². The van der Waals surface area contributed by atoms with Gasteiger partial charge in [0.25, 0.3) is 10.0 Å². The molecular formula is C17H19Cl2N3O5S. The molecule has 152 valence electrons. The first-order valence-corrected chi connectivity index (χ1v) is 10.8. The van der Waals surface area contributed by atoms with Crippen molar-refractivity contribution in [3.63, 3.8) is 0 Å². The minimum Gasteiger partial charge on any atom is -0.380 e. The number of carbonyl (C=O) groups is 2. The van der Waals surface area contributed by atoms with Gasteiger partial charge in [0.1, 0.15) is 6.04 Å². The lowest BCUT2D eigenvalue weighted by Gasteiger charge is -2.32. The fraction of sp³-hybridized carbons (Fsp3) is 0.412. The van der Waals surface area contributed by atoms with E-state index in [9.17, 15) is 18.0 Å². The van der Waals surface area contributed by atoms with Crippen molar-refractivity contribution in [1.29, 1.82) is 0 Å². The van der Waals surface area contributed by atoms with E-state index in [1.165, 1.54) is 30.6 Å². The predicted molar refractivity (Wildman–Crippen MR) is 103 cm³/mol. The lowest BCUT2D eigenvalue weighted by molar-refractivity contribution is -0.135. The third-order valence-corrected chi connectivity index (χ3v) is 6.99. The summed E-state index contributed by atoms with van der Waals surface area (Å²) in [6.45, 7) is 1.88. The molecule has 28 heavy (non-hydrogen) atoms. The molecule has 1 aromatic rings. The van der Waals surface area contributed by atoms with Crippen molar-refractivity contribution in [2.75, 3.05) is 26.3 Å². The molecule has 1 aromatic carbocycles. The third kappa shape index (κ3) is 4.43. The van der Waals surface area contributed by atoms with Crippen LogP contribution < -0.4 is 5.32 Å². The van der Waals surface area contributed by atoms with Gasteiger partial charge in [-0.1, -0.05) is 23.2 Å². The summed E-state index contributed by atoms with van der Waals surface area (Å²) in [6, 6.07) is 2.67. The molecule has 0 bridgehead atoms. The minimum absolute atomic E-state index is 0.0744. The molecule has 2 heterocycles. The summed E-state index contributed by atoms with van der Waals surface area (Å²) in [5, 5.41) is 2.74. The number of hydrogen-bond acceptors (Lipinski definition) is 5. The van der Waals surface area contributed by atoms with Crippen molar-refractivity contribution in [3.8, 4) is 0 Å². The fourth-order valence-electron chi connectivity index (χ4n) is 2.99. The van der Waals surface area contributed by atoms with Crippen LogP contribution >= 0.6 is 23.2 Å². The Labute approximate surface area is 173 Å². The van der Waals surface area contributed by atoms with Gasteiger partial charge in [-0.3, -0.25) is 13.9 Å². The van der Waals surface area contributed by atoms with Gasteiger partial charge in [0.2, 0.25) is 11.8 Å². The van der Waals surface area contributed by atoms with Gasteiger partial charge in [0.15, 0.2) is 0 Å². The topological polar surface area (TPSA) is 96.0 Å². The normalized spacial score (nSPS) is 20.6. The van der Waals surface area contributed by atoms with Crippen LogP contribution in [-0.2, 0) is 24.3 Å². The number of halogens is 2. The molecule has 2 aliphatic heterocycles. The highest BCUT2D eigenvalue weighted by molar-refractivity contribution is 7.89. The Morgan fingerprint density at radius 2 is 2.00 bits per heavy atom. The quantitative estimate of drug-likeness (QED) is 0.755. The predicted octanol–water partition coefficient (Wildman–Crippen LogP) is 1.59. The molecule has 2 amide bonds. The van der Waals surface area contributed by atoms with E-state index in [2.05, 4.69) is 5.32 Å². The highest BCUT2D eigenvalue weighted by atomic mass is 35.5. The number of nitrogens with one attached hydrogen (secondary N) is 1. The Morgan fingerprint density at radius 1 is 1.21 bits per heavy atom. The van der Waals surface area contributed by atoms with Crippen LogP contribution in [0.1, 0.15) is 12.8 Å². The molecule has 1 saturated heterocycles. The van der Waals surface area contributed by atoms with Crippen LogP contribution in [0.4, 0.5) is 0 Å². The standard InChI is InChI=1S/C17H19Cl2N3O5S/c18-13-3-2-12(10-14(13)19)28(25,26)22-6-4-20-17(24)15(22)11-16(23)21-5-1-8-27-9-7-21/h2-4,6,10,15H,1,5,7-9,11H2,(H,20,24)/t15-/m1/s1. The number of ether oxygens (including phenoxy) is 1. The van der Waals surface area contributed by atoms with E-state index < -0.39 is 22.0 Å². The van der Waals surface area contributed by atoms with Gasteiger partial charge in [0.05, 0.1) is 28.0 Å². The number of rotatable bonds is 4. The molecule has 1 fully saturated rings. The van der Waals surface area contributed by atoms with Gasteiger partial charge in [-0.2, -0.15) is 0 Å². The molecule has 1 N–H and O–H groups in total. The average Bonchev–Trinajstić information content (AvgIpc) is 2.95. The zero-order valence-corrected chi connectivity index (χ0v) is 17.1. The second-order valence-electron chi connectivity index (χ2n) is 6.30. The molecule has 11 heteroatoms. The molecule has 0 unspecified atom stereocenters. The van der Waals surface area contributed by atoms with Gasteiger partial charge in [-0.05, 0) is 24.6 Å². The van der Waals surface area contributed by atoms with Crippen LogP contribution in [0.2, 0.25) is 10.0 Å². The minimum atomic E-state index is -4.12. The van der Waals surface area contributed by atoms with Crippen molar-refractivity contribution < 1.29 is 22.7 Å². The molecule has 2 aliphatic rings. The number of sulfonamides is 1. The van der Waals surface area contributed by atoms with E-state index >= 15 is 0 Å². The van der Waals surface area contributed by atoms with Gasteiger partial charge >= 0.3 is 0 Å². The first-order valence-electron chi connectivity index (χ1n) is 8.62. The zero-order valence-electron chi connectivity index (χ0n) is 14.8. The molecule has 0 spiro atoms. The van der Waals surface area contributed by atoms with Crippen molar-refractivity contribution in [1.82, 2.24) is 14.5 Å². The number of benzene rings is 1. The average molecular weight is 448 g/mol. The number of hydrogen-bond donors (Lipinski definition) is 1. The lowest BCUT2D eigenvalue weighted by Crippen LogP contribution is -2.51. The highest BCUT2D eigenvalue weighted by Gasteiger charge is 2.38. The van der Waals surface area contributed by atoms with Crippen molar-refractivity contribution in [2.24, 2.45) is 0 Å². The monoisotopic (exact) mass is 447 g/mol. The van der Waals surface area contributed by atoms with Crippen LogP contribution in [0.5, 0.6) is 0 Å². The maximum Gasteiger partial charge on any atom is 0.264 e. The fourth-order valence-corrected chi connectivity index (χ4v) is 4.83. The zero-order chi connectivity index (χ0) is 20.3. The van der Waals surface area contributed by atoms with Crippen molar-refractivity contribution in [3.05, 3.63) is 40.6 Å². The summed E-state index contributed by atoms with van der Waals surface area (Å²) in [7, 11) is -4.12. The summed E-state index contributed by atoms with van der Waals surface area (Å²) < 4.78 is 32.3. The third-order valence-electron chi connectivity index (χ3n) is 4.47. The Kier molecular flexibility index (Phi) is 6.49. The van der Waals surface area contributed by atoms with E-state index in [4.69, 9.17) is 27.9 Å². The molecule has 0 radical (unpaired) electrons. The van der Waals surface area contributed by atoms with E-state index in [1.807, 2.05) is 0 Å². The summed E-state index contributed by atoms with van der Waals surface area (Å²) >= 11 is 11.8. The van der Waals surface area contributed by atoms with Crippen LogP contribution in [-0.4, -0.2) is 61.8 Å². The van der Waals surface area contributed by atoms with Gasteiger partial charge in [-0.15, -0.1) is 0 Å². The van der Waals surface area contributed by atoms with Gasteiger partial charge in [-0.25, -0.2) is 8.42 Å². The van der Waals surface area contributed by atoms with Crippen LogP contribution in [0.15, 0.2) is 35.5 Å². The first-order chi connectivity index (χ1) is 13.3. The summed E-state index contributed by atoms with van der Waals surface area (Å²) in [5.41, 5.74) is 0. The van der Waals surface area contributed by atoms with Crippen LogP contribution in [0, 0.1) is 0 Å². The highest BCUT2D eigenvalue weighted by Crippen LogP contribution is 2.28. The van der Waals surface area contributed by atoms with Gasteiger partial charge < -0.3 is 15.0 Å². The molecule has 0 aliphatic carbocycles. The molecule has 8 nitrogen and oxygen atoms in total. The molecular weight excluding hydrogens is 429 g/mol. The Balaban J connectivity index is 1.86. The largest absolute Gasteiger partial charge is 0.380 e. The summed E-state index contributed by atoms with van der Waals surface area (Å²) in [6.07, 6.45) is 2.85. The van der Waals surface area contributed by atoms with Gasteiger partial charge in [0, 0.05) is 32.1 Å². The van der Waals surface area contributed by atoms with Crippen molar-refractivity contribution in [2.45, 2.75) is 23.8 Å². The van der Waals surface area contributed by atoms with E-state index in [0.717, 1.165) is 4.31 Å². The maximum absolute atomic E-state index is 13.1. The maximum atomic E-state index is 13.1. The number of amides is 2. The van der Waals surface area contributed by atoms with E-state index in [0.29, 0.717) is 32.7 Å². The summed E-state index contributed by atoms with van der Waals surface area (Å²) in [5.74, 6) is -0.888. The van der Waals surface area contributed by atoms with E-state index in [-0.39, 0.29) is 27.3 Å². The molecule has 3 rings (SSSR count). The second kappa shape index (κ2) is 8.69. The second-order valence-corrected chi connectivity index (χ2v) is 8.96. The van der Waals surface area contributed by atoms with Crippen molar-refractivity contribution >= 4 is 45.0 Å². The summed E-state index contributed by atoms with van der Waals surface area (Å²) in [4.78, 5) is 26.5. The number of nitrogens with zero attached hydrogens (tertiary/aromatic N) is 2. The van der Waals surface area contributed by atoms with Crippen LogP contribution in [0.25, 0.3) is 0 Å².